The fourth-order valence-electron chi connectivity index (χ4n) is 2.73. The van der Waals surface area contributed by atoms with Crippen molar-refractivity contribution in [3.8, 4) is 11.1 Å². The van der Waals surface area contributed by atoms with Crippen LogP contribution in [0.4, 0.5) is 0 Å². The molecule has 0 atom stereocenters. The fraction of sp³-hybridized carbons (Fsp3) is 0.400. The summed E-state index contributed by atoms with van der Waals surface area (Å²) in [7, 11) is 0. The van der Waals surface area contributed by atoms with Crippen molar-refractivity contribution in [3.63, 3.8) is 0 Å². The van der Waals surface area contributed by atoms with Crippen molar-refractivity contribution in [3.05, 3.63) is 60.2 Å². The van der Waals surface area contributed by atoms with Crippen LogP contribution in [0.1, 0.15) is 51.0 Å². The molecule has 106 valence electrons. The van der Waals surface area contributed by atoms with Gasteiger partial charge in [0.25, 0.3) is 0 Å². The molecule has 20 heavy (non-hydrogen) atoms. The zero-order chi connectivity index (χ0) is 14.0. The van der Waals surface area contributed by atoms with Crippen LogP contribution in [0.15, 0.2) is 54.6 Å². The monoisotopic (exact) mass is 266 g/mol. The van der Waals surface area contributed by atoms with E-state index in [9.17, 15) is 0 Å². The second-order valence-corrected chi connectivity index (χ2v) is 5.54. The number of aryl methyl sites for hydroxylation is 1. The zero-order valence-electron chi connectivity index (χ0n) is 12.6. The zero-order valence-corrected chi connectivity index (χ0v) is 12.6. The maximum absolute atomic E-state index is 2.29. The van der Waals surface area contributed by atoms with Gasteiger partial charge in [0.05, 0.1) is 0 Å². The molecule has 0 saturated heterocycles. The van der Waals surface area contributed by atoms with E-state index in [0.29, 0.717) is 0 Å². The van der Waals surface area contributed by atoms with Crippen LogP contribution in [0.5, 0.6) is 0 Å². The van der Waals surface area contributed by atoms with Crippen molar-refractivity contribution in [2.45, 2.75) is 51.9 Å². The van der Waals surface area contributed by atoms with Crippen molar-refractivity contribution in [1.82, 2.24) is 0 Å². The van der Waals surface area contributed by atoms with E-state index in [4.69, 9.17) is 0 Å². The third-order valence-corrected chi connectivity index (χ3v) is 3.90. The highest BCUT2D eigenvalue weighted by Gasteiger charge is 2.03. The van der Waals surface area contributed by atoms with Gasteiger partial charge >= 0.3 is 0 Å². The molecule has 2 aromatic rings. The van der Waals surface area contributed by atoms with Crippen LogP contribution >= 0.6 is 0 Å². The largest absolute Gasteiger partial charge is 0.0654 e. The third-order valence-electron chi connectivity index (χ3n) is 3.90. The summed E-state index contributed by atoms with van der Waals surface area (Å²) in [5.41, 5.74) is 4.24. The Balaban J connectivity index is 1.92. The minimum absolute atomic E-state index is 1.21. The highest BCUT2D eigenvalue weighted by atomic mass is 14.1. The molecule has 0 bridgehead atoms. The van der Waals surface area contributed by atoms with Gasteiger partial charge in [-0.15, -0.1) is 0 Å². The summed E-state index contributed by atoms with van der Waals surface area (Å²) in [6, 6.07) is 19.6. The predicted molar refractivity (Wildman–Crippen MR) is 89.0 cm³/mol. The summed E-state index contributed by atoms with van der Waals surface area (Å²) in [5.74, 6) is 0. The first kappa shape index (κ1) is 14.8. The molecular weight excluding hydrogens is 240 g/mol. The lowest BCUT2D eigenvalue weighted by Crippen LogP contribution is -1.90. The lowest BCUT2D eigenvalue weighted by Gasteiger charge is -2.09. The Kier molecular flexibility index (Phi) is 6.37. The van der Waals surface area contributed by atoms with E-state index >= 15 is 0 Å². The second-order valence-electron chi connectivity index (χ2n) is 5.54. The van der Waals surface area contributed by atoms with Crippen LogP contribution < -0.4 is 0 Å². The maximum atomic E-state index is 2.29. The second kappa shape index (κ2) is 8.58. The Labute approximate surface area is 123 Å². The molecule has 0 amide bonds. The van der Waals surface area contributed by atoms with Crippen LogP contribution in [-0.4, -0.2) is 0 Å². The molecule has 0 radical (unpaired) electrons. The van der Waals surface area contributed by atoms with Gasteiger partial charge in [0.15, 0.2) is 0 Å². The molecule has 0 spiro atoms. The summed E-state index contributed by atoms with van der Waals surface area (Å²) in [5, 5.41) is 0. The molecule has 0 unspecified atom stereocenters. The Morgan fingerprint density at radius 1 is 0.650 bits per heavy atom. The van der Waals surface area contributed by atoms with Crippen molar-refractivity contribution >= 4 is 0 Å². The Morgan fingerprint density at radius 2 is 1.30 bits per heavy atom. The molecule has 2 rings (SSSR count). The molecule has 0 aliphatic rings. The van der Waals surface area contributed by atoms with Crippen LogP contribution in [0, 0.1) is 0 Å². The molecule has 0 nitrogen and oxygen atoms in total. The smallest absolute Gasteiger partial charge is 0.0152 e. The maximum Gasteiger partial charge on any atom is -0.0152 e. The Bertz CT molecular complexity index is 484. The topological polar surface area (TPSA) is 0 Å². The normalized spacial score (nSPS) is 10.7. The fourth-order valence-corrected chi connectivity index (χ4v) is 2.73. The molecule has 0 aromatic heterocycles. The Hall–Kier alpha value is -1.56. The third kappa shape index (κ3) is 4.52. The van der Waals surface area contributed by atoms with Crippen LogP contribution in [-0.2, 0) is 6.42 Å². The van der Waals surface area contributed by atoms with E-state index in [1.54, 1.807) is 0 Å². The molecular formula is C20H26. The minimum Gasteiger partial charge on any atom is -0.0654 e. The van der Waals surface area contributed by atoms with Gasteiger partial charge in [0.2, 0.25) is 0 Å². The van der Waals surface area contributed by atoms with Gasteiger partial charge in [-0.25, -0.2) is 0 Å². The van der Waals surface area contributed by atoms with E-state index in [1.165, 1.54) is 61.6 Å². The van der Waals surface area contributed by atoms with Crippen LogP contribution in [0.3, 0.4) is 0 Å². The highest BCUT2D eigenvalue weighted by molar-refractivity contribution is 5.67. The lowest BCUT2D eigenvalue weighted by molar-refractivity contribution is 0.608. The Morgan fingerprint density at radius 3 is 2.10 bits per heavy atom. The van der Waals surface area contributed by atoms with Crippen molar-refractivity contribution in [2.75, 3.05) is 0 Å². The van der Waals surface area contributed by atoms with Crippen LogP contribution in [0.25, 0.3) is 11.1 Å². The molecule has 0 aliphatic heterocycles. The number of hydrogen-bond acceptors (Lipinski definition) is 0. The molecule has 2 aromatic carbocycles. The van der Waals surface area contributed by atoms with Crippen LogP contribution in [0.2, 0.25) is 0 Å². The average molecular weight is 266 g/mol. The first-order chi connectivity index (χ1) is 9.92. The number of unbranched alkanes of at least 4 members (excludes halogenated alkanes) is 5. The van der Waals surface area contributed by atoms with Gasteiger partial charge in [0.1, 0.15) is 0 Å². The summed E-state index contributed by atoms with van der Waals surface area (Å²) in [4.78, 5) is 0. The molecule has 0 N–H and O–H groups in total. The number of benzene rings is 2. The van der Waals surface area contributed by atoms with Gasteiger partial charge in [-0.05, 0) is 29.5 Å². The summed E-state index contributed by atoms with van der Waals surface area (Å²) in [6.07, 6.45) is 9.39. The number of hydrogen-bond donors (Lipinski definition) is 0. The predicted octanol–water partition coefficient (Wildman–Crippen LogP) is 6.26. The summed E-state index contributed by atoms with van der Waals surface area (Å²) >= 11 is 0. The van der Waals surface area contributed by atoms with E-state index in [-0.39, 0.29) is 0 Å². The van der Waals surface area contributed by atoms with Crippen molar-refractivity contribution in [1.29, 1.82) is 0 Å². The van der Waals surface area contributed by atoms with E-state index in [2.05, 4.69) is 61.5 Å². The molecule has 0 fully saturated rings. The number of rotatable bonds is 8. The molecule has 0 heterocycles. The first-order valence-corrected chi connectivity index (χ1v) is 8.05. The molecule has 0 heteroatoms. The van der Waals surface area contributed by atoms with E-state index in [0.717, 1.165) is 0 Å². The van der Waals surface area contributed by atoms with Gasteiger partial charge < -0.3 is 0 Å². The summed E-state index contributed by atoms with van der Waals surface area (Å²) in [6.45, 7) is 2.27. The average Bonchev–Trinajstić information content (AvgIpc) is 2.52. The minimum atomic E-state index is 1.21. The first-order valence-electron chi connectivity index (χ1n) is 8.05. The van der Waals surface area contributed by atoms with Gasteiger partial charge in [0, 0.05) is 0 Å². The quantitative estimate of drug-likeness (QED) is 0.495. The standard InChI is InChI=1S/C20H26/c1-2-3-4-5-6-8-13-19-16-11-12-17-20(19)18-14-9-7-10-15-18/h7,9-12,14-17H,2-6,8,13H2,1H3. The van der Waals surface area contributed by atoms with Crippen molar-refractivity contribution in [2.24, 2.45) is 0 Å². The van der Waals surface area contributed by atoms with Gasteiger partial charge in [-0.2, -0.15) is 0 Å². The highest BCUT2D eigenvalue weighted by Crippen LogP contribution is 2.24. The molecule has 0 aliphatic carbocycles. The van der Waals surface area contributed by atoms with Gasteiger partial charge in [-0.1, -0.05) is 93.6 Å². The lowest BCUT2D eigenvalue weighted by atomic mass is 9.96. The van der Waals surface area contributed by atoms with E-state index in [1.807, 2.05) is 0 Å². The SMILES string of the molecule is CCCCCCCCc1ccccc1-c1ccccc1. The van der Waals surface area contributed by atoms with Crippen molar-refractivity contribution < 1.29 is 0 Å². The van der Waals surface area contributed by atoms with E-state index < -0.39 is 0 Å². The summed E-state index contributed by atoms with van der Waals surface area (Å²) < 4.78 is 0. The molecule has 0 saturated carbocycles. The van der Waals surface area contributed by atoms with Gasteiger partial charge in [-0.3, -0.25) is 0 Å².